The number of rotatable bonds is 0. The average molecular weight is 1220 g/mol. The van der Waals surface area contributed by atoms with Crippen molar-refractivity contribution in [3.63, 3.8) is 0 Å². The molecule has 0 unspecified atom stereocenters. The fraction of sp³-hybridized carbons (Fsp3) is 0. The van der Waals surface area contributed by atoms with Gasteiger partial charge in [-0.3, -0.25) is 0 Å². The molecule has 0 N–H and O–H groups in total. The molecule has 0 spiro atoms. The number of nitrogens with zero attached hydrogens (tertiary/aromatic N) is 12. The largest absolute Gasteiger partial charge is 6.00 e. The maximum absolute atomic E-state index is 8.25. The van der Waals surface area contributed by atoms with E-state index in [1.54, 1.807) is 0 Å². The second-order valence-corrected chi connectivity index (χ2v) is 2.68. The summed E-state index contributed by atoms with van der Waals surface area (Å²) in [5.74, 6) is 0. The summed E-state index contributed by atoms with van der Waals surface area (Å²) in [5, 5.41) is 177. The van der Waals surface area contributed by atoms with Gasteiger partial charge in [-0.05, 0) is 0 Å². The van der Waals surface area contributed by atoms with Crippen LogP contribution in [-0.2, 0) is 0 Å². The van der Waals surface area contributed by atoms with Crippen LogP contribution in [0, 0.1) is 245 Å². The van der Waals surface area contributed by atoms with Crippen molar-refractivity contribution in [2.75, 3.05) is 0 Å². The van der Waals surface area contributed by atoms with Gasteiger partial charge in [0.1, 0.15) is 0 Å². The molecule has 0 aromatic heterocycles. The van der Waals surface area contributed by atoms with Gasteiger partial charge >= 0.3 is 61.1 Å². The molecule has 0 atom stereocenters. The third-order valence-corrected chi connectivity index (χ3v) is 0. The summed E-state index contributed by atoms with van der Waals surface area (Å²) in [4.78, 5) is 99.0. The Kier molecular flexibility index (Phi) is 151. The second-order valence-electron chi connectivity index (χ2n) is 2.68. The van der Waals surface area contributed by atoms with Crippen LogP contribution in [0.2, 0.25) is 0 Å². The molecule has 48 nitrogen and oxygen atoms in total. The summed E-state index contributed by atoms with van der Waals surface area (Å²) in [5.41, 5.74) is 0. The van der Waals surface area contributed by atoms with Crippen molar-refractivity contribution in [2.45, 2.75) is 0 Å². The van der Waals surface area contributed by atoms with E-state index in [2.05, 4.69) is 0 Å². The first kappa shape index (κ1) is 90.1. The van der Waals surface area contributed by atoms with Gasteiger partial charge in [0.05, 0.1) is 61.0 Å². The molecular weight excluding hydrogens is 1220 g/mol. The Morgan fingerprint density at radius 2 is 0.160 bits per heavy atom. The topological polar surface area (TPSA) is 794 Å². The van der Waals surface area contributed by atoms with Crippen molar-refractivity contribution in [3.8, 4) is 0 Å². The van der Waals surface area contributed by atoms with Gasteiger partial charge in [0.25, 0.3) is 0 Å². The molecule has 0 heterocycles. The Hall–Kier alpha value is -7.54. The minimum absolute atomic E-state index is 0. The van der Waals surface area contributed by atoms with Crippen LogP contribution in [-0.4, -0.2) is 61.0 Å². The van der Waals surface area contributed by atoms with Crippen LogP contribution in [0.25, 0.3) is 0 Å². The first-order chi connectivity index (χ1) is 20.8. The zero-order chi connectivity index (χ0) is 42.9. The van der Waals surface area contributed by atoms with Crippen LogP contribution in [0.15, 0.2) is 0 Å². The fourth-order valence-electron chi connectivity index (χ4n) is 0. The van der Waals surface area contributed by atoms with Crippen molar-refractivity contribution in [3.05, 3.63) is 184 Å². The Labute approximate surface area is 305 Å². The van der Waals surface area contributed by atoms with Crippen LogP contribution >= 0.6 is 0 Å². The van der Waals surface area contributed by atoms with E-state index in [0.717, 1.165) is 0 Å². The normalized spacial score (nSPS) is 5.76. The van der Waals surface area contributed by atoms with Crippen LogP contribution in [0.4, 0.5) is 0 Å². The third kappa shape index (κ3) is 1110. The summed E-state index contributed by atoms with van der Waals surface area (Å²) >= 11 is 0. The minimum Gasteiger partial charge on any atom is -0.356 e. The molecule has 0 bridgehead atoms. The standard InChI is InChI=1S/12NO3.Np.U/c12*2-1(3)4;;/q12*-1;2*+6. The van der Waals surface area contributed by atoms with Gasteiger partial charge in [0.2, 0.25) is 0 Å². The molecule has 50 heteroatoms. The SMILES string of the molecule is O=[N+]([O-])[O-].O=[N+]([O-])[O-].O=[N+]([O-])[O-].O=[N+]([O-])[O-].O=[N+]([O-])[O-].O=[N+]([O-])[O-].O=[N+]([O-])[O-].O=[N+]([O-])[O-].O=[N+]([O-])[O-].O=[N+]([O-])[O-].O=[N+]([O-])[O-].O=[N+]([O-])[O-].[Np+6].[U+6]. The predicted octanol–water partition coefficient (Wildman–Crippen LogP) is -2.87. The maximum atomic E-state index is 8.25. The zero-order valence-corrected chi connectivity index (χ0v) is 28.9. The number of hydrogen-bond acceptors (Lipinski definition) is 36. The Balaban J connectivity index is -0.0000000235. The van der Waals surface area contributed by atoms with Gasteiger partial charge in [-0.1, -0.05) is 0 Å². The first-order valence-electron chi connectivity index (χ1n) is 6.57. The summed E-state index contributed by atoms with van der Waals surface area (Å²) in [6.07, 6.45) is 0. The van der Waals surface area contributed by atoms with E-state index < -0.39 is 61.0 Å². The van der Waals surface area contributed by atoms with Crippen molar-refractivity contribution >= 4 is 0 Å². The van der Waals surface area contributed by atoms with Crippen LogP contribution in [0.1, 0.15) is 0 Å². The molecule has 0 amide bonds. The van der Waals surface area contributed by atoms with Crippen molar-refractivity contribution in [1.29, 1.82) is 0 Å². The first-order valence-corrected chi connectivity index (χ1v) is 6.57. The van der Waals surface area contributed by atoms with Gasteiger partial charge in [-0.2, -0.15) is 0 Å². The van der Waals surface area contributed by atoms with Gasteiger partial charge in [0.15, 0.2) is 0 Å². The van der Waals surface area contributed by atoms with Crippen LogP contribution in [0.3, 0.4) is 0 Å². The summed E-state index contributed by atoms with van der Waals surface area (Å²) in [6, 6.07) is 0. The minimum atomic E-state index is -1.75. The van der Waals surface area contributed by atoms with Gasteiger partial charge in [0, 0.05) is 0 Å². The summed E-state index contributed by atoms with van der Waals surface area (Å²) in [6.45, 7) is 0. The monoisotopic (exact) mass is 1220 g/mol. The predicted molar refractivity (Wildman–Crippen MR) is 124 cm³/mol. The van der Waals surface area contributed by atoms with Gasteiger partial charge < -0.3 is 184 Å². The van der Waals surface area contributed by atoms with E-state index in [0.29, 0.717) is 0 Å². The van der Waals surface area contributed by atoms with Crippen LogP contribution < -0.4 is 0 Å². The molecule has 0 aromatic rings. The Bertz CT molecular complexity index is 587. The molecule has 0 radical (unpaired) electrons. The summed E-state index contributed by atoms with van der Waals surface area (Å²) < 4.78 is 0. The van der Waals surface area contributed by atoms with Crippen molar-refractivity contribution < 1.29 is 122 Å². The zero-order valence-electron chi connectivity index (χ0n) is 21.0. The molecule has 285 valence electrons. The average Bonchev–Trinajstić information content (AvgIpc) is 2.61. The smallest absolute Gasteiger partial charge is 0.356 e. The third-order valence-electron chi connectivity index (χ3n) is 0. The molecule has 0 aromatic carbocycles. The van der Waals surface area contributed by atoms with E-state index >= 15 is 0 Å². The molecule has 0 rings (SSSR count). The Morgan fingerprint density at radius 3 is 0.160 bits per heavy atom. The van der Waals surface area contributed by atoms with Gasteiger partial charge in [-0.15, -0.1) is 0 Å². The van der Waals surface area contributed by atoms with Crippen molar-refractivity contribution in [2.24, 2.45) is 0 Å². The Morgan fingerprint density at radius 1 is 0.160 bits per heavy atom. The van der Waals surface area contributed by atoms with E-state index in [9.17, 15) is 0 Å². The van der Waals surface area contributed by atoms with E-state index in [1.165, 1.54) is 0 Å². The molecule has 0 saturated heterocycles. The quantitative estimate of drug-likeness (QED) is 0.174. The summed E-state index contributed by atoms with van der Waals surface area (Å²) in [7, 11) is 0. The fourth-order valence-corrected chi connectivity index (χ4v) is 0. The molecule has 0 fully saturated rings. The van der Waals surface area contributed by atoms with Crippen molar-refractivity contribution in [1.82, 2.24) is 0 Å². The van der Waals surface area contributed by atoms with E-state index in [4.69, 9.17) is 184 Å². The molecule has 0 aliphatic rings. The van der Waals surface area contributed by atoms with Crippen LogP contribution in [0.5, 0.6) is 0 Å². The molecular formula is N12NpO36U. The molecule has 50 heavy (non-hydrogen) atoms. The second kappa shape index (κ2) is 83.8. The van der Waals surface area contributed by atoms with E-state index in [-0.39, 0.29) is 61.1 Å². The number of hydrogen-bond donors (Lipinski definition) is 0. The van der Waals surface area contributed by atoms with E-state index in [1.807, 2.05) is 0 Å². The molecule has 0 saturated carbocycles. The molecule has 0 aliphatic heterocycles. The maximum Gasteiger partial charge on any atom is 6.00 e. The van der Waals surface area contributed by atoms with Gasteiger partial charge in [-0.25, -0.2) is 0 Å². The molecule has 0 aliphatic carbocycles.